The Hall–Kier alpha value is -6.78. The largest absolute Gasteiger partial charge is 0.456 e. The highest BCUT2D eigenvalue weighted by molar-refractivity contribution is 6.15. The highest BCUT2D eigenvalue weighted by Crippen LogP contribution is 2.43. The molecule has 0 aliphatic rings. The van der Waals surface area contributed by atoms with Crippen molar-refractivity contribution in [2.24, 2.45) is 0 Å². The van der Waals surface area contributed by atoms with Crippen molar-refractivity contribution in [2.45, 2.75) is 13.8 Å². The number of rotatable bonds is 6. The van der Waals surface area contributed by atoms with E-state index in [-0.39, 0.29) is 0 Å². The summed E-state index contributed by atoms with van der Waals surface area (Å²) >= 11 is 0. The Morgan fingerprint density at radius 3 is 1.13 bits per heavy atom. The minimum Gasteiger partial charge on any atom is -0.456 e. The van der Waals surface area contributed by atoms with Gasteiger partial charge in [-0.2, -0.15) is 0 Å². The first-order chi connectivity index (χ1) is 25.6. The number of aryl methyl sites for hydroxylation is 2. The Balaban J connectivity index is 1.08. The van der Waals surface area contributed by atoms with Crippen LogP contribution in [0.5, 0.6) is 0 Å². The van der Waals surface area contributed by atoms with Crippen LogP contribution >= 0.6 is 0 Å². The van der Waals surface area contributed by atoms with Gasteiger partial charge in [0.15, 0.2) is 0 Å². The maximum absolute atomic E-state index is 6.61. The lowest BCUT2D eigenvalue weighted by atomic mass is 10.0. The lowest BCUT2D eigenvalue weighted by molar-refractivity contribution is 0.668. The van der Waals surface area contributed by atoms with Gasteiger partial charge in [0.25, 0.3) is 0 Å². The molecular weight excluding hydrogens is 637 g/mol. The van der Waals surface area contributed by atoms with Crippen molar-refractivity contribution in [3.05, 3.63) is 181 Å². The van der Waals surface area contributed by atoms with Crippen molar-refractivity contribution in [2.75, 3.05) is 9.80 Å². The maximum Gasteiger partial charge on any atom is 0.137 e. The number of benzene rings is 8. The van der Waals surface area contributed by atoms with E-state index in [1.807, 2.05) is 0 Å². The first kappa shape index (κ1) is 30.1. The van der Waals surface area contributed by atoms with Gasteiger partial charge in [0.2, 0.25) is 0 Å². The van der Waals surface area contributed by atoms with Gasteiger partial charge in [-0.15, -0.1) is 0 Å². The molecule has 0 saturated carbocycles. The van der Waals surface area contributed by atoms with Crippen LogP contribution in [0.2, 0.25) is 0 Å². The summed E-state index contributed by atoms with van der Waals surface area (Å²) in [5.74, 6) is 0. The molecule has 4 nitrogen and oxygen atoms in total. The first-order valence-corrected chi connectivity index (χ1v) is 17.7. The third-order valence-corrected chi connectivity index (χ3v) is 10.2. The third kappa shape index (κ3) is 4.91. The fourth-order valence-electron chi connectivity index (χ4n) is 7.69. The molecule has 10 aromatic rings. The number of fused-ring (bicyclic) bond motifs is 7. The molecule has 0 unspecified atom stereocenters. The van der Waals surface area contributed by atoms with Gasteiger partial charge in [-0.25, -0.2) is 0 Å². The number of anilines is 6. The molecule has 0 radical (unpaired) electrons. The molecule has 0 spiro atoms. The highest BCUT2D eigenvalue weighted by Gasteiger charge is 2.19. The van der Waals surface area contributed by atoms with E-state index in [1.165, 1.54) is 11.1 Å². The number of furan rings is 2. The van der Waals surface area contributed by atoms with E-state index < -0.39 is 0 Å². The Kier molecular flexibility index (Phi) is 6.90. The van der Waals surface area contributed by atoms with E-state index in [0.29, 0.717) is 0 Å². The van der Waals surface area contributed by atoms with Crippen LogP contribution in [0.4, 0.5) is 34.1 Å². The molecule has 0 bridgehead atoms. The lowest BCUT2D eigenvalue weighted by Crippen LogP contribution is -2.10. The van der Waals surface area contributed by atoms with E-state index in [1.54, 1.807) is 0 Å². The highest BCUT2D eigenvalue weighted by atomic mass is 16.3. The van der Waals surface area contributed by atoms with Crippen molar-refractivity contribution in [3.63, 3.8) is 0 Å². The zero-order chi connectivity index (χ0) is 34.8. The lowest BCUT2D eigenvalue weighted by Gasteiger charge is -2.26. The minimum atomic E-state index is 0.857. The smallest absolute Gasteiger partial charge is 0.137 e. The SMILES string of the molecule is Cc1ccccc1N(c1ccccc1)c1ccc2c(c1)oc1cc3cc4c(cc3cc12)oc1cc(N(c2ccccc2)c2ccccc2C)ccc14. The van der Waals surface area contributed by atoms with Crippen molar-refractivity contribution >= 4 is 88.8 Å². The summed E-state index contributed by atoms with van der Waals surface area (Å²) in [4.78, 5) is 4.59. The molecule has 4 heteroatoms. The molecule has 248 valence electrons. The van der Waals surface area contributed by atoms with Gasteiger partial charge in [0.05, 0.1) is 0 Å². The molecule has 0 fully saturated rings. The number of nitrogens with zero attached hydrogens (tertiary/aromatic N) is 2. The molecule has 0 aliphatic heterocycles. The van der Waals surface area contributed by atoms with E-state index >= 15 is 0 Å². The van der Waals surface area contributed by atoms with Crippen LogP contribution in [0.3, 0.4) is 0 Å². The predicted molar refractivity (Wildman–Crippen MR) is 217 cm³/mol. The second kappa shape index (κ2) is 11.9. The van der Waals surface area contributed by atoms with E-state index in [2.05, 4.69) is 194 Å². The van der Waals surface area contributed by atoms with Gasteiger partial charge in [-0.05, 0) is 121 Å². The summed E-state index contributed by atoms with van der Waals surface area (Å²) in [5.41, 5.74) is 12.4. The van der Waals surface area contributed by atoms with Crippen molar-refractivity contribution in [1.29, 1.82) is 0 Å². The van der Waals surface area contributed by atoms with E-state index in [4.69, 9.17) is 8.83 Å². The monoisotopic (exact) mass is 670 g/mol. The summed E-state index contributed by atoms with van der Waals surface area (Å²) in [5, 5.41) is 6.58. The molecule has 52 heavy (non-hydrogen) atoms. The molecule has 2 aromatic heterocycles. The van der Waals surface area contributed by atoms with Crippen LogP contribution in [0.1, 0.15) is 11.1 Å². The quantitative estimate of drug-likeness (QED) is 0.176. The molecule has 0 N–H and O–H groups in total. The summed E-state index contributed by atoms with van der Waals surface area (Å²) in [7, 11) is 0. The van der Waals surface area contributed by atoms with Crippen LogP contribution < -0.4 is 9.80 Å². The second-order valence-corrected chi connectivity index (χ2v) is 13.5. The van der Waals surface area contributed by atoms with Crippen molar-refractivity contribution in [3.8, 4) is 0 Å². The molecule has 10 rings (SSSR count). The number of hydrogen-bond acceptors (Lipinski definition) is 4. The minimum absolute atomic E-state index is 0.857. The molecule has 0 aliphatic carbocycles. The average Bonchev–Trinajstić information content (AvgIpc) is 3.71. The van der Waals surface area contributed by atoms with E-state index in [0.717, 1.165) is 88.8 Å². The van der Waals surface area contributed by atoms with Crippen molar-refractivity contribution in [1.82, 2.24) is 0 Å². The fraction of sp³-hybridized carbons (Fsp3) is 0.0417. The first-order valence-electron chi connectivity index (χ1n) is 17.7. The molecule has 8 aromatic carbocycles. The van der Waals surface area contributed by atoms with Gasteiger partial charge in [0.1, 0.15) is 22.3 Å². The normalized spacial score (nSPS) is 11.7. The predicted octanol–water partition coefficient (Wildman–Crippen LogP) is 14.2. The van der Waals surface area contributed by atoms with Gasteiger partial charge < -0.3 is 18.6 Å². The molecule has 2 heterocycles. The van der Waals surface area contributed by atoms with Crippen LogP contribution in [-0.4, -0.2) is 0 Å². The maximum atomic E-state index is 6.61. The topological polar surface area (TPSA) is 32.8 Å². The molecule has 0 amide bonds. The standard InChI is InChI=1S/C48H34N2O2/c1-31-13-9-11-19-43(31)49(35-15-5-3-6-16-35)37-21-23-39-41-25-33-28-46-42(26-34(33)27-45(41)51-47(39)29-37)40-24-22-38(30-48(40)52-46)50(36-17-7-4-8-18-36)44-20-12-10-14-32(44)2/h3-30H,1-2H3. The van der Waals surface area contributed by atoms with Crippen LogP contribution in [-0.2, 0) is 0 Å². The zero-order valence-electron chi connectivity index (χ0n) is 28.9. The summed E-state index contributed by atoms with van der Waals surface area (Å²) in [6.45, 7) is 4.31. The van der Waals surface area contributed by atoms with Gasteiger partial charge in [-0.3, -0.25) is 0 Å². The van der Waals surface area contributed by atoms with Crippen LogP contribution in [0, 0.1) is 13.8 Å². The molecule has 0 saturated heterocycles. The van der Waals surface area contributed by atoms with E-state index in [9.17, 15) is 0 Å². The molecule has 0 atom stereocenters. The zero-order valence-corrected chi connectivity index (χ0v) is 28.9. The van der Waals surface area contributed by atoms with Crippen molar-refractivity contribution < 1.29 is 8.83 Å². The van der Waals surface area contributed by atoms with Gasteiger partial charge in [-0.1, -0.05) is 72.8 Å². The summed E-state index contributed by atoms with van der Waals surface area (Å²) < 4.78 is 13.2. The fourth-order valence-corrected chi connectivity index (χ4v) is 7.69. The number of hydrogen-bond donors (Lipinski definition) is 0. The van der Waals surface area contributed by atoms with Crippen LogP contribution in [0.15, 0.2) is 179 Å². The Bertz CT molecular complexity index is 2740. The Morgan fingerprint density at radius 1 is 0.327 bits per heavy atom. The second-order valence-electron chi connectivity index (χ2n) is 13.5. The number of para-hydroxylation sites is 4. The average molecular weight is 671 g/mol. The van der Waals surface area contributed by atoms with Gasteiger partial charge in [0, 0.05) is 67.8 Å². The summed E-state index contributed by atoms with van der Waals surface area (Å²) in [6, 6.07) is 59.9. The van der Waals surface area contributed by atoms with Gasteiger partial charge >= 0.3 is 0 Å². The van der Waals surface area contributed by atoms with Crippen LogP contribution in [0.25, 0.3) is 54.6 Å². The molecular formula is C48H34N2O2. The third-order valence-electron chi connectivity index (χ3n) is 10.2. The summed E-state index contributed by atoms with van der Waals surface area (Å²) in [6.07, 6.45) is 0. The Labute approximate surface area is 301 Å². The Morgan fingerprint density at radius 2 is 0.712 bits per heavy atom.